The number of carbonyl (C=O) groups is 1. The summed E-state index contributed by atoms with van der Waals surface area (Å²) in [5.41, 5.74) is 3.54. The molecule has 0 atom stereocenters. The van der Waals surface area contributed by atoms with E-state index >= 15 is 0 Å². The first-order valence-electron chi connectivity index (χ1n) is 8.91. The molecule has 0 fully saturated rings. The normalized spacial score (nSPS) is 12.6. The van der Waals surface area contributed by atoms with Gasteiger partial charge in [-0.05, 0) is 66.8 Å². The molecule has 6 nitrogen and oxygen atoms in total. The second kappa shape index (κ2) is 8.67. The van der Waals surface area contributed by atoms with Crippen molar-refractivity contribution in [3.8, 4) is 5.75 Å². The Bertz CT molecular complexity index is 975. The average Bonchev–Trinajstić information content (AvgIpc) is 3.35. The van der Waals surface area contributed by atoms with Gasteiger partial charge in [-0.3, -0.25) is 4.79 Å². The summed E-state index contributed by atoms with van der Waals surface area (Å²) in [4.78, 5) is 12.2. The van der Waals surface area contributed by atoms with E-state index in [1.54, 1.807) is 24.3 Å². The third-order valence-corrected chi connectivity index (χ3v) is 5.40. The quantitative estimate of drug-likeness (QED) is 0.571. The zero-order chi connectivity index (χ0) is 19.3. The Morgan fingerprint density at radius 2 is 1.96 bits per heavy atom. The molecule has 1 N–H and O–H groups in total. The summed E-state index contributed by atoms with van der Waals surface area (Å²) in [5, 5.41) is 11.8. The fraction of sp³-hybridized carbons (Fsp3) is 0.250. The predicted octanol–water partition coefficient (Wildman–Crippen LogP) is 4.52. The highest BCUT2D eigenvalue weighted by Crippen LogP contribution is 2.25. The van der Waals surface area contributed by atoms with Crippen molar-refractivity contribution in [2.24, 2.45) is 0 Å². The molecule has 4 rings (SSSR count). The summed E-state index contributed by atoms with van der Waals surface area (Å²) in [5.74, 6) is 1.08. The number of carbonyl (C=O) groups excluding carboxylic acids is 1. The van der Waals surface area contributed by atoms with Gasteiger partial charge in [0.1, 0.15) is 5.75 Å². The number of ether oxygens (including phenoxy) is 1. The lowest BCUT2D eigenvalue weighted by atomic mass is 10.1. The van der Waals surface area contributed by atoms with Crippen molar-refractivity contribution in [1.29, 1.82) is 0 Å². The van der Waals surface area contributed by atoms with Gasteiger partial charge in [0.15, 0.2) is 6.61 Å². The zero-order valence-electron chi connectivity index (χ0n) is 15.0. The summed E-state index contributed by atoms with van der Waals surface area (Å²) >= 11 is 7.03. The molecule has 2 aromatic carbocycles. The van der Waals surface area contributed by atoms with Gasteiger partial charge in [0.25, 0.3) is 11.1 Å². The fourth-order valence-corrected chi connectivity index (χ4v) is 3.71. The van der Waals surface area contributed by atoms with E-state index in [0.29, 0.717) is 21.9 Å². The second-order valence-electron chi connectivity index (χ2n) is 6.38. The molecule has 0 bridgehead atoms. The highest BCUT2D eigenvalue weighted by molar-refractivity contribution is 7.99. The molecule has 1 aliphatic carbocycles. The Balaban J connectivity index is 1.24. The van der Waals surface area contributed by atoms with Crippen molar-refractivity contribution >= 4 is 35.0 Å². The van der Waals surface area contributed by atoms with E-state index in [9.17, 15) is 4.79 Å². The fourth-order valence-electron chi connectivity index (χ4n) is 3.00. The lowest BCUT2D eigenvalue weighted by Gasteiger charge is -2.06. The van der Waals surface area contributed by atoms with Crippen LogP contribution in [0.15, 0.2) is 52.1 Å². The molecular weight excluding hydrogens is 398 g/mol. The smallest absolute Gasteiger partial charge is 0.277 e. The number of hydrogen-bond donors (Lipinski definition) is 1. The van der Waals surface area contributed by atoms with Crippen LogP contribution in [0.1, 0.15) is 23.4 Å². The molecule has 1 amide bonds. The van der Waals surface area contributed by atoms with Crippen molar-refractivity contribution in [1.82, 2.24) is 10.2 Å². The third-order valence-electron chi connectivity index (χ3n) is 4.33. The summed E-state index contributed by atoms with van der Waals surface area (Å²) < 4.78 is 11.1. The van der Waals surface area contributed by atoms with Crippen LogP contribution in [0.2, 0.25) is 5.02 Å². The van der Waals surface area contributed by atoms with E-state index in [2.05, 4.69) is 27.6 Å². The number of fused-ring (bicyclic) bond motifs is 1. The van der Waals surface area contributed by atoms with Crippen molar-refractivity contribution in [2.75, 3.05) is 11.1 Å². The van der Waals surface area contributed by atoms with Crippen LogP contribution in [0.3, 0.4) is 0 Å². The average molecular weight is 416 g/mol. The van der Waals surface area contributed by atoms with Gasteiger partial charge in [0, 0.05) is 10.7 Å². The SMILES string of the molecule is O=C(CSc1nnc(COc2ccc(Cl)cc2)o1)Nc1ccc2c(c1)CCC2. The largest absolute Gasteiger partial charge is 0.484 e. The van der Waals surface area contributed by atoms with E-state index in [0.717, 1.165) is 18.5 Å². The molecule has 28 heavy (non-hydrogen) atoms. The highest BCUT2D eigenvalue weighted by Gasteiger charge is 2.13. The summed E-state index contributed by atoms with van der Waals surface area (Å²) in [7, 11) is 0. The second-order valence-corrected chi connectivity index (χ2v) is 7.74. The molecule has 8 heteroatoms. The summed E-state index contributed by atoms with van der Waals surface area (Å²) in [6.45, 7) is 0.149. The van der Waals surface area contributed by atoms with Crippen LogP contribution in [-0.2, 0) is 24.2 Å². The number of aromatic nitrogens is 2. The maximum Gasteiger partial charge on any atom is 0.277 e. The third kappa shape index (κ3) is 4.85. The Hall–Kier alpha value is -2.51. The maximum atomic E-state index is 12.2. The molecule has 1 aromatic heterocycles. The molecule has 0 spiro atoms. The molecule has 144 valence electrons. The molecule has 0 saturated carbocycles. The van der Waals surface area contributed by atoms with Crippen LogP contribution < -0.4 is 10.1 Å². The van der Waals surface area contributed by atoms with E-state index < -0.39 is 0 Å². The van der Waals surface area contributed by atoms with Crippen LogP contribution >= 0.6 is 23.4 Å². The molecule has 0 radical (unpaired) electrons. The molecule has 0 aliphatic heterocycles. The number of amides is 1. The van der Waals surface area contributed by atoms with E-state index in [4.69, 9.17) is 20.8 Å². The number of nitrogens with one attached hydrogen (secondary N) is 1. The van der Waals surface area contributed by atoms with Gasteiger partial charge in [-0.2, -0.15) is 0 Å². The van der Waals surface area contributed by atoms with Gasteiger partial charge in [-0.15, -0.1) is 10.2 Å². The maximum absolute atomic E-state index is 12.2. The van der Waals surface area contributed by atoms with E-state index in [1.807, 2.05) is 6.07 Å². The molecular formula is C20H18ClN3O3S. The number of halogens is 1. The minimum Gasteiger partial charge on any atom is -0.484 e. The van der Waals surface area contributed by atoms with Gasteiger partial charge >= 0.3 is 0 Å². The number of hydrogen-bond acceptors (Lipinski definition) is 6. The number of anilines is 1. The van der Waals surface area contributed by atoms with Gasteiger partial charge in [-0.1, -0.05) is 29.4 Å². The Morgan fingerprint density at radius 3 is 2.82 bits per heavy atom. The molecule has 0 saturated heterocycles. The highest BCUT2D eigenvalue weighted by atomic mass is 35.5. The Labute approximate surface area is 171 Å². The molecule has 1 heterocycles. The first-order valence-corrected chi connectivity index (χ1v) is 10.3. The topological polar surface area (TPSA) is 77.2 Å². The number of thioether (sulfide) groups is 1. The summed E-state index contributed by atoms with van der Waals surface area (Å²) in [6.07, 6.45) is 3.39. The molecule has 0 unspecified atom stereocenters. The lowest BCUT2D eigenvalue weighted by molar-refractivity contribution is -0.113. The van der Waals surface area contributed by atoms with Crippen molar-refractivity contribution < 1.29 is 13.9 Å². The first-order chi connectivity index (χ1) is 13.7. The summed E-state index contributed by atoms with van der Waals surface area (Å²) in [6, 6.07) is 13.1. The lowest BCUT2D eigenvalue weighted by Crippen LogP contribution is -2.14. The van der Waals surface area contributed by atoms with Crippen molar-refractivity contribution in [3.05, 3.63) is 64.5 Å². The Morgan fingerprint density at radius 1 is 1.14 bits per heavy atom. The van der Waals surface area contributed by atoms with Gasteiger partial charge < -0.3 is 14.5 Å². The number of rotatable bonds is 7. The number of nitrogens with zero attached hydrogens (tertiary/aromatic N) is 2. The zero-order valence-corrected chi connectivity index (χ0v) is 16.6. The van der Waals surface area contributed by atoms with Crippen LogP contribution in [0.4, 0.5) is 5.69 Å². The minimum absolute atomic E-state index is 0.111. The monoisotopic (exact) mass is 415 g/mol. The minimum atomic E-state index is -0.111. The van der Waals surface area contributed by atoms with Gasteiger partial charge in [0.2, 0.25) is 5.91 Å². The van der Waals surface area contributed by atoms with Crippen LogP contribution in [0.25, 0.3) is 0 Å². The van der Waals surface area contributed by atoms with E-state index in [1.165, 1.54) is 29.3 Å². The van der Waals surface area contributed by atoms with Gasteiger partial charge in [0.05, 0.1) is 5.75 Å². The number of aryl methyl sites for hydroxylation is 2. The van der Waals surface area contributed by atoms with Crippen LogP contribution in [0.5, 0.6) is 5.75 Å². The first kappa shape index (κ1) is 18.8. The van der Waals surface area contributed by atoms with Crippen LogP contribution in [-0.4, -0.2) is 21.9 Å². The van der Waals surface area contributed by atoms with Crippen molar-refractivity contribution in [2.45, 2.75) is 31.1 Å². The Kier molecular flexibility index (Phi) is 5.83. The standard InChI is InChI=1S/C20H18ClN3O3S/c21-15-5-8-17(9-6-15)26-11-19-23-24-20(27-19)28-12-18(25)22-16-7-4-13-2-1-3-14(13)10-16/h4-10H,1-3,11-12H2,(H,22,25). The predicted molar refractivity (Wildman–Crippen MR) is 108 cm³/mol. The van der Waals surface area contributed by atoms with Crippen molar-refractivity contribution in [3.63, 3.8) is 0 Å². The van der Waals surface area contributed by atoms with Crippen LogP contribution in [0, 0.1) is 0 Å². The van der Waals surface area contributed by atoms with E-state index in [-0.39, 0.29) is 18.3 Å². The van der Waals surface area contributed by atoms with Gasteiger partial charge in [-0.25, -0.2) is 0 Å². The number of benzene rings is 2. The molecule has 3 aromatic rings. The molecule has 1 aliphatic rings.